The third kappa shape index (κ3) is 8.94. The first-order valence-corrected chi connectivity index (χ1v) is 16.1. The van der Waals surface area contributed by atoms with E-state index in [9.17, 15) is 23.2 Å². The van der Waals surface area contributed by atoms with Gasteiger partial charge < -0.3 is 23.8 Å². The minimum Gasteiger partial charge on any atom is -0.489 e. The van der Waals surface area contributed by atoms with Crippen LogP contribution in [0, 0.1) is 11.6 Å². The molecule has 0 saturated carbocycles. The Labute approximate surface area is 279 Å². The lowest BCUT2D eigenvalue weighted by Gasteiger charge is -2.50. The van der Waals surface area contributed by atoms with E-state index in [2.05, 4.69) is 0 Å². The summed E-state index contributed by atoms with van der Waals surface area (Å²) in [5, 5.41) is -0.392. The van der Waals surface area contributed by atoms with Gasteiger partial charge in [0.1, 0.15) is 22.0 Å². The van der Waals surface area contributed by atoms with Gasteiger partial charge in [-0.05, 0) is 96.6 Å². The number of halogens is 3. The molecule has 47 heavy (non-hydrogen) atoms. The quantitative estimate of drug-likeness (QED) is 0.123. The summed E-state index contributed by atoms with van der Waals surface area (Å²) in [5.41, 5.74) is 1.26. The summed E-state index contributed by atoms with van der Waals surface area (Å²) < 4.78 is 50.0. The number of esters is 1. The molecule has 256 valence electrons. The molecule has 2 aromatic carbocycles. The molecule has 2 aliphatic rings. The molecule has 9 nitrogen and oxygen atoms in total. The molecule has 2 atom stereocenters. The van der Waals surface area contributed by atoms with E-state index in [1.165, 1.54) is 4.90 Å². The number of rotatable bonds is 8. The largest absolute Gasteiger partial charge is 0.489 e. The molecule has 4 rings (SSSR count). The maximum atomic E-state index is 14.0. The highest BCUT2D eigenvalue weighted by Crippen LogP contribution is 2.40. The van der Waals surface area contributed by atoms with Gasteiger partial charge in [0.05, 0.1) is 30.9 Å². The van der Waals surface area contributed by atoms with Crippen molar-refractivity contribution in [2.24, 2.45) is 0 Å². The molecule has 2 aromatic rings. The van der Waals surface area contributed by atoms with E-state index in [-0.39, 0.29) is 44.0 Å². The highest BCUT2D eigenvalue weighted by molar-refractivity contribution is 6.32. The molecule has 2 heterocycles. The molecule has 12 heteroatoms. The van der Waals surface area contributed by atoms with Crippen LogP contribution in [0.4, 0.5) is 18.4 Å². The highest BCUT2D eigenvalue weighted by atomic mass is 35.5. The molecule has 0 aromatic heterocycles. The minimum absolute atomic E-state index is 0.0241. The van der Waals surface area contributed by atoms with Crippen molar-refractivity contribution < 1.29 is 42.1 Å². The Hall–Kier alpha value is -3.86. The lowest BCUT2D eigenvalue weighted by atomic mass is 9.82. The molecule has 0 aliphatic carbocycles. The van der Waals surface area contributed by atoms with Gasteiger partial charge in [-0.3, -0.25) is 4.90 Å². The number of carbonyl (C=O) groups is 3. The number of amides is 2. The fourth-order valence-corrected chi connectivity index (χ4v) is 5.89. The first-order valence-electron chi connectivity index (χ1n) is 15.7. The molecule has 2 bridgehead atoms. The number of hydrogen-bond donors (Lipinski definition) is 0. The van der Waals surface area contributed by atoms with Crippen LogP contribution in [0.15, 0.2) is 42.0 Å². The second-order valence-corrected chi connectivity index (χ2v) is 14.0. The van der Waals surface area contributed by atoms with Gasteiger partial charge in [-0.25, -0.2) is 23.2 Å². The lowest BCUT2D eigenvalue weighted by Crippen LogP contribution is -2.65. The number of carbonyl (C=O) groups excluding carboxylic acids is 3. The van der Waals surface area contributed by atoms with Crippen LogP contribution in [0.1, 0.15) is 72.4 Å². The maximum Gasteiger partial charge on any atom is 0.411 e. The Bertz CT molecular complexity index is 1520. The SMILES string of the molecule is CCOC(=O)C1=C(c2ccc(CCCOc3c(F)ccc(F)c3Cl)cc2)C[C@@H]2CN(C(=O)OC(C)(C)C)C[C@H]1N2C(=O)OC(C)(C)C. The predicted octanol–water partition coefficient (Wildman–Crippen LogP) is 7.58. The van der Waals surface area contributed by atoms with Gasteiger partial charge in [0, 0.05) is 13.1 Å². The van der Waals surface area contributed by atoms with Gasteiger partial charge in [-0.2, -0.15) is 0 Å². The van der Waals surface area contributed by atoms with Crippen LogP contribution in [0.3, 0.4) is 0 Å². The van der Waals surface area contributed by atoms with E-state index in [1.54, 1.807) is 53.4 Å². The van der Waals surface area contributed by atoms with E-state index < -0.39 is 58.1 Å². The number of benzene rings is 2. The second-order valence-electron chi connectivity index (χ2n) is 13.6. The van der Waals surface area contributed by atoms with Crippen molar-refractivity contribution in [3.8, 4) is 5.75 Å². The van der Waals surface area contributed by atoms with E-state index in [1.807, 2.05) is 24.3 Å². The molecule has 1 saturated heterocycles. The topological polar surface area (TPSA) is 94.6 Å². The Morgan fingerprint density at radius 1 is 0.894 bits per heavy atom. The van der Waals surface area contributed by atoms with Crippen molar-refractivity contribution in [2.45, 2.75) is 91.0 Å². The molecule has 0 spiro atoms. The van der Waals surface area contributed by atoms with Gasteiger partial charge in [-0.1, -0.05) is 35.9 Å². The fourth-order valence-electron chi connectivity index (χ4n) is 5.68. The van der Waals surface area contributed by atoms with Crippen molar-refractivity contribution >= 4 is 35.3 Å². The normalized spacial score (nSPS) is 18.2. The Morgan fingerprint density at radius 3 is 2.13 bits per heavy atom. The smallest absolute Gasteiger partial charge is 0.411 e. The zero-order chi connectivity index (χ0) is 34.7. The summed E-state index contributed by atoms with van der Waals surface area (Å²) in [6.45, 7) is 12.8. The summed E-state index contributed by atoms with van der Waals surface area (Å²) in [4.78, 5) is 43.4. The van der Waals surface area contributed by atoms with Gasteiger partial charge in [-0.15, -0.1) is 0 Å². The van der Waals surface area contributed by atoms with Crippen molar-refractivity contribution in [2.75, 3.05) is 26.3 Å². The van der Waals surface area contributed by atoms with E-state index >= 15 is 0 Å². The van der Waals surface area contributed by atoms with Crippen LogP contribution in [0.2, 0.25) is 5.02 Å². The summed E-state index contributed by atoms with van der Waals surface area (Å²) in [6.07, 6.45) is 0.267. The van der Waals surface area contributed by atoms with E-state index in [4.69, 9.17) is 30.5 Å². The Kier molecular flexibility index (Phi) is 11.1. The van der Waals surface area contributed by atoms with Gasteiger partial charge in [0.15, 0.2) is 11.6 Å². The first kappa shape index (κ1) is 36.0. The molecule has 2 aliphatic heterocycles. The summed E-state index contributed by atoms with van der Waals surface area (Å²) >= 11 is 5.85. The number of hydrogen-bond acceptors (Lipinski definition) is 7. The van der Waals surface area contributed by atoms with Gasteiger partial charge in [0.2, 0.25) is 0 Å². The first-order chi connectivity index (χ1) is 22.0. The zero-order valence-electron chi connectivity index (χ0n) is 28.0. The maximum absolute atomic E-state index is 14.0. The molecule has 0 N–H and O–H groups in total. The number of fused-ring (bicyclic) bond motifs is 2. The summed E-state index contributed by atoms with van der Waals surface area (Å²) in [6, 6.07) is 8.24. The van der Waals surface area contributed by atoms with Gasteiger partial charge >= 0.3 is 18.2 Å². The number of aryl methyl sites for hydroxylation is 1. The van der Waals surface area contributed by atoms with Crippen molar-refractivity contribution in [3.05, 3.63) is 69.8 Å². The standard InChI is InChI=1S/C35H43ClF2N2O7/c1-8-44-31(41)28-24(22-13-11-21(12-14-22)10-9-17-45-30-26(38)16-15-25(37)29(30)36)18-23-19-39(32(42)46-34(2,3)4)20-27(28)40(23)33(43)47-35(5,6)7/h11-16,23,27H,8-10,17-20H2,1-7H3/t23-,27-/m1/s1. The summed E-state index contributed by atoms with van der Waals surface area (Å²) in [7, 11) is 0. The molecule has 0 radical (unpaired) electrons. The summed E-state index contributed by atoms with van der Waals surface area (Å²) in [5.74, 6) is -2.37. The van der Waals surface area contributed by atoms with Crippen LogP contribution in [0.5, 0.6) is 5.75 Å². The molecular weight excluding hydrogens is 634 g/mol. The third-order valence-corrected chi connectivity index (χ3v) is 7.92. The fraction of sp³-hybridized carbons (Fsp3) is 0.514. The van der Waals surface area contributed by atoms with Crippen LogP contribution >= 0.6 is 11.6 Å². The van der Waals surface area contributed by atoms with Crippen molar-refractivity contribution in [1.29, 1.82) is 0 Å². The molecular formula is C35H43ClF2N2O7. The molecule has 0 unspecified atom stereocenters. The number of piperazine rings is 1. The van der Waals surface area contributed by atoms with Crippen LogP contribution in [-0.2, 0) is 25.4 Å². The van der Waals surface area contributed by atoms with Crippen LogP contribution < -0.4 is 4.74 Å². The average molecular weight is 677 g/mol. The lowest BCUT2D eigenvalue weighted by molar-refractivity contribution is -0.140. The van der Waals surface area contributed by atoms with Crippen LogP contribution in [0.25, 0.3) is 5.57 Å². The molecule has 2 amide bonds. The van der Waals surface area contributed by atoms with Crippen molar-refractivity contribution in [3.63, 3.8) is 0 Å². The second kappa shape index (κ2) is 14.5. The number of ether oxygens (including phenoxy) is 4. The molecule has 1 fully saturated rings. The Balaban J connectivity index is 1.60. The Morgan fingerprint density at radius 2 is 1.51 bits per heavy atom. The monoisotopic (exact) mass is 676 g/mol. The predicted molar refractivity (Wildman–Crippen MR) is 173 cm³/mol. The average Bonchev–Trinajstić information content (AvgIpc) is 2.96. The number of nitrogens with zero attached hydrogens (tertiary/aromatic N) is 2. The third-order valence-electron chi connectivity index (χ3n) is 7.56. The van der Waals surface area contributed by atoms with Gasteiger partial charge in [0.25, 0.3) is 0 Å². The van der Waals surface area contributed by atoms with Crippen LogP contribution in [-0.4, -0.2) is 77.5 Å². The zero-order valence-corrected chi connectivity index (χ0v) is 28.7. The van der Waals surface area contributed by atoms with Crippen molar-refractivity contribution in [1.82, 2.24) is 9.80 Å². The van der Waals surface area contributed by atoms with E-state index in [0.717, 1.165) is 28.8 Å². The minimum atomic E-state index is -0.828. The van der Waals surface area contributed by atoms with E-state index in [0.29, 0.717) is 12.8 Å². The highest BCUT2D eigenvalue weighted by Gasteiger charge is 2.49.